The summed E-state index contributed by atoms with van der Waals surface area (Å²) >= 11 is 0. The van der Waals surface area contributed by atoms with Gasteiger partial charge in [0.1, 0.15) is 11.5 Å². The Balaban J connectivity index is 1.35. The SMILES string of the molecule is CCN1CC[C@H](Nc2cncc(-c3cn(-c4cc(C(=O)NC5CC5)c(F)cc4C)nn3)c2)[C@H](OC)C1. The van der Waals surface area contributed by atoms with Gasteiger partial charge in [0, 0.05) is 44.2 Å². The molecule has 1 saturated carbocycles. The number of benzene rings is 1. The first kappa shape index (κ1) is 24.3. The maximum Gasteiger partial charge on any atom is 0.254 e. The van der Waals surface area contributed by atoms with Gasteiger partial charge in [-0.3, -0.25) is 9.78 Å². The summed E-state index contributed by atoms with van der Waals surface area (Å²) in [5.74, 6) is -0.949. The van der Waals surface area contributed by atoms with Crippen molar-refractivity contribution in [2.45, 2.75) is 51.3 Å². The molecule has 36 heavy (non-hydrogen) atoms. The predicted molar refractivity (Wildman–Crippen MR) is 135 cm³/mol. The molecule has 2 aromatic heterocycles. The molecule has 3 heterocycles. The molecule has 3 aromatic rings. The number of anilines is 1. The monoisotopic (exact) mass is 493 g/mol. The number of hydrogen-bond acceptors (Lipinski definition) is 7. The van der Waals surface area contributed by atoms with Crippen molar-refractivity contribution in [1.29, 1.82) is 0 Å². The number of aryl methyl sites for hydroxylation is 1. The molecule has 9 nitrogen and oxygen atoms in total. The van der Waals surface area contributed by atoms with Crippen molar-refractivity contribution in [1.82, 2.24) is 30.2 Å². The van der Waals surface area contributed by atoms with Crippen LogP contribution >= 0.6 is 0 Å². The Morgan fingerprint density at radius 1 is 1.22 bits per heavy atom. The molecule has 2 fully saturated rings. The van der Waals surface area contributed by atoms with E-state index < -0.39 is 11.7 Å². The lowest BCUT2D eigenvalue weighted by Crippen LogP contribution is -2.50. The fraction of sp³-hybridized carbons (Fsp3) is 0.462. The minimum atomic E-state index is -0.545. The first-order chi connectivity index (χ1) is 17.4. The highest BCUT2D eigenvalue weighted by Crippen LogP contribution is 2.26. The number of carbonyl (C=O) groups is 1. The topological polar surface area (TPSA) is 97.2 Å². The van der Waals surface area contributed by atoms with E-state index in [0.29, 0.717) is 16.9 Å². The lowest BCUT2D eigenvalue weighted by molar-refractivity contribution is 0.0241. The first-order valence-corrected chi connectivity index (χ1v) is 12.5. The van der Waals surface area contributed by atoms with Gasteiger partial charge in [0.05, 0.1) is 35.3 Å². The van der Waals surface area contributed by atoms with Crippen molar-refractivity contribution >= 4 is 11.6 Å². The van der Waals surface area contributed by atoms with Gasteiger partial charge in [0.2, 0.25) is 0 Å². The number of aromatic nitrogens is 4. The number of likely N-dealkylation sites (N-methyl/N-ethyl adjacent to an activating group) is 1. The van der Waals surface area contributed by atoms with Gasteiger partial charge in [-0.2, -0.15) is 0 Å². The maximum absolute atomic E-state index is 14.5. The smallest absolute Gasteiger partial charge is 0.254 e. The van der Waals surface area contributed by atoms with E-state index in [0.717, 1.165) is 50.1 Å². The van der Waals surface area contributed by atoms with E-state index in [1.54, 1.807) is 37.3 Å². The Bertz CT molecular complexity index is 1240. The molecule has 1 saturated heterocycles. The largest absolute Gasteiger partial charge is 0.378 e. The molecule has 190 valence electrons. The second-order valence-electron chi connectivity index (χ2n) is 9.58. The van der Waals surface area contributed by atoms with Gasteiger partial charge in [0.25, 0.3) is 5.91 Å². The number of nitrogens with one attached hydrogen (secondary N) is 2. The van der Waals surface area contributed by atoms with Crippen molar-refractivity contribution in [2.75, 3.05) is 32.1 Å². The highest BCUT2D eigenvalue weighted by Gasteiger charge is 2.29. The standard InChI is InChI=1S/C26H32FN7O2/c1-4-33-8-7-22(25(15-33)36-3)29-19-10-17(12-28-13-19)23-14-34(32-31-23)24-11-20(21(27)9-16(24)2)26(35)30-18-5-6-18/h9-14,18,22,25,29H,4-8,15H2,1-3H3,(H,30,35)/t22-,25+/m0/s1. The second-order valence-corrected chi connectivity index (χ2v) is 9.58. The molecule has 0 spiro atoms. The van der Waals surface area contributed by atoms with Crippen molar-refractivity contribution in [2.24, 2.45) is 0 Å². The number of carbonyl (C=O) groups excluding carboxylic acids is 1. The summed E-state index contributed by atoms with van der Waals surface area (Å²) in [6.45, 7) is 6.87. The van der Waals surface area contributed by atoms with Crippen molar-refractivity contribution < 1.29 is 13.9 Å². The van der Waals surface area contributed by atoms with Crippen LogP contribution in [0.3, 0.4) is 0 Å². The minimum absolute atomic E-state index is 0.00855. The van der Waals surface area contributed by atoms with Crippen LogP contribution in [-0.2, 0) is 4.74 Å². The number of hydrogen-bond donors (Lipinski definition) is 2. The second kappa shape index (κ2) is 10.3. The van der Waals surface area contributed by atoms with Crippen LogP contribution in [0.2, 0.25) is 0 Å². The quantitative estimate of drug-likeness (QED) is 0.497. The number of ether oxygens (including phenoxy) is 1. The molecule has 10 heteroatoms. The van der Waals surface area contributed by atoms with Crippen LogP contribution in [-0.4, -0.2) is 75.7 Å². The van der Waals surface area contributed by atoms with Gasteiger partial charge >= 0.3 is 0 Å². The highest BCUT2D eigenvalue weighted by molar-refractivity contribution is 5.95. The van der Waals surface area contributed by atoms with Crippen molar-refractivity contribution in [3.63, 3.8) is 0 Å². The summed E-state index contributed by atoms with van der Waals surface area (Å²) in [6, 6.07) is 5.22. The average Bonchev–Trinajstić information content (AvgIpc) is 3.56. The summed E-state index contributed by atoms with van der Waals surface area (Å²) < 4.78 is 21.8. The zero-order chi connectivity index (χ0) is 25.2. The van der Waals surface area contributed by atoms with E-state index in [1.165, 1.54) is 12.1 Å². The van der Waals surface area contributed by atoms with Crippen molar-refractivity contribution in [3.8, 4) is 16.9 Å². The van der Waals surface area contributed by atoms with Crippen LogP contribution in [0.1, 0.15) is 42.1 Å². The van der Waals surface area contributed by atoms with Crippen LogP contribution in [0.5, 0.6) is 0 Å². The van der Waals surface area contributed by atoms with Crippen LogP contribution in [0.4, 0.5) is 10.1 Å². The number of pyridine rings is 1. The van der Waals surface area contributed by atoms with Crippen LogP contribution in [0.15, 0.2) is 36.8 Å². The number of methoxy groups -OCH3 is 1. The Kier molecular flexibility index (Phi) is 6.97. The molecular weight excluding hydrogens is 461 g/mol. The maximum atomic E-state index is 14.5. The third-order valence-corrected chi connectivity index (χ3v) is 6.96. The minimum Gasteiger partial charge on any atom is -0.378 e. The number of nitrogens with zero attached hydrogens (tertiary/aromatic N) is 5. The number of likely N-dealkylation sites (tertiary alicyclic amines) is 1. The number of piperidine rings is 1. The van der Waals surface area contributed by atoms with E-state index in [9.17, 15) is 9.18 Å². The summed E-state index contributed by atoms with van der Waals surface area (Å²) in [4.78, 5) is 19.3. The lowest BCUT2D eigenvalue weighted by atomic mass is 10.0. The summed E-state index contributed by atoms with van der Waals surface area (Å²) in [6.07, 6.45) is 8.24. The number of amides is 1. The van der Waals surface area contributed by atoms with Crippen LogP contribution in [0, 0.1) is 12.7 Å². The third-order valence-electron chi connectivity index (χ3n) is 6.96. The molecule has 0 unspecified atom stereocenters. The number of rotatable bonds is 8. The van der Waals surface area contributed by atoms with Gasteiger partial charge in [-0.25, -0.2) is 9.07 Å². The molecule has 5 rings (SSSR count). The molecule has 2 atom stereocenters. The van der Waals surface area contributed by atoms with Gasteiger partial charge in [-0.1, -0.05) is 12.1 Å². The Labute approximate surface area is 210 Å². The highest BCUT2D eigenvalue weighted by atomic mass is 19.1. The molecule has 0 radical (unpaired) electrons. The number of halogens is 1. The summed E-state index contributed by atoms with van der Waals surface area (Å²) in [5, 5.41) is 15.0. The lowest BCUT2D eigenvalue weighted by Gasteiger charge is -2.38. The fourth-order valence-electron chi connectivity index (χ4n) is 4.63. The molecule has 1 amide bonds. The van der Waals surface area contributed by atoms with Crippen molar-refractivity contribution in [3.05, 3.63) is 53.7 Å². The van der Waals surface area contributed by atoms with Gasteiger partial charge in [-0.05, 0) is 56.5 Å². The van der Waals surface area contributed by atoms with Gasteiger partial charge in [-0.15, -0.1) is 5.10 Å². The molecule has 1 aliphatic carbocycles. The molecule has 2 N–H and O–H groups in total. The predicted octanol–water partition coefficient (Wildman–Crippen LogP) is 3.19. The van der Waals surface area contributed by atoms with Crippen LogP contribution < -0.4 is 10.6 Å². The average molecular weight is 494 g/mol. The Morgan fingerprint density at radius 3 is 2.81 bits per heavy atom. The van der Waals surface area contributed by atoms with Gasteiger partial charge in [0.15, 0.2) is 0 Å². The van der Waals surface area contributed by atoms with Gasteiger partial charge < -0.3 is 20.3 Å². The van der Waals surface area contributed by atoms with Crippen LogP contribution in [0.25, 0.3) is 16.9 Å². The normalized spacial score (nSPS) is 20.3. The molecule has 1 aliphatic heterocycles. The molecular formula is C26H32FN7O2. The van der Waals surface area contributed by atoms with E-state index in [4.69, 9.17) is 4.74 Å². The fourth-order valence-corrected chi connectivity index (χ4v) is 4.63. The molecule has 1 aromatic carbocycles. The Morgan fingerprint density at radius 2 is 2.06 bits per heavy atom. The Hall–Kier alpha value is -3.37. The van der Waals surface area contributed by atoms with E-state index in [1.807, 2.05) is 6.07 Å². The zero-order valence-corrected chi connectivity index (χ0v) is 20.9. The first-order valence-electron chi connectivity index (χ1n) is 12.5. The third kappa shape index (κ3) is 5.24. The zero-order valence-electron chi connectivity index (χ0n) is 20.9. The molecule has 2 aliphatic rings. The molecule has 0 bridgehead atoms. The summed E-state index contributed by atoms with van der Waals surface area (Å²) in [7, 11) is 1.75. The van der Waals surface area contributed by atoms with E-state index in [-0.39, 0.29) is 23.8 Å². The van der Waals surface area contributed by atoms with E-state index in [2.05, 4.69) is 37.8 Å². The van der Waals surface area contributed by atoms with E-state index >= 15 is 0 Å². The summed E-state index contributed by atoms with van der Waals surface area (Å²) in [5.41, 5.74) is 3.58.